The quantitative estimate of drug-likeness (QED) is 0.602. The SMILES string of the molecule is Brc1ccc2c(c1)CO2. The molecule has 0 aliphatic carbocycles. The Morgan fingerprint density at radius 3 is 2.78 bits per heavy atom. The normalized spacial score (nSPS) is 13.4. The van der Waals surface area contributed by atoms with Gasteiger partial charge in [0.15, 0.2) is 0 Å². The molecule has 46 valence electrons. The Labute approximate surface area is 61.8 Å². The first-order valence-corrected chi connectivity index (χ1v) is 3.57. The maximum Gasteiger partial charge on any atom is 0.126 e. The number of fused-ring (bicyclic) bond motifs is 1. The zero-order valence-corrected chi connectivity index (χ0v) is 6.31. The average Bonchev–Trinajstić information content (AvgIpc) is 1.78. The molecule has 1 aliphatic heterocycles. The Bertz CT molecular complexity index is 245. The average molecular weight is 185 g/mol. The first-order valence-electron chi connectivity index (χ1n) is 2.77. The number of hydrogen-bond donors (Lipinski definition) is 0. The van der Waals surface area contributed by atoms with E-state index >= 15 is 0 Å². The lowest BCUT2D eigenvalue weighted by atomic mass is 10.1. The molecule has 9 heavy (non-hydrogen) atoms. The summed E-state index contributed by atoms with van der Waals surface area (Å²) in [5, 5.41) is 0. The van der Waals surface area contributed by atoms with Gasteiger partial charge in [-0.3, -0.25) is 0 Å². The maximum absolute atomic E-state index is 5.11. The van der Waals surface area contributed by atoms with Gasteiger partial charge in [-0.15, -0.1) is 0 Å². The van der Waals surface area contributed by atoms with Gasteiger partial charge in [0.25, 0.3) is 0 Å². The molecule has 0 unspecified atom stereocenters. The number of hydrogen-bond acceptors (Lipinski definition) is 1. The molecule has 0 amide bonds. The van der Waals surface area contributed by atoms with E-state index in [1.807, 2.05) is 12.1 Å². The van der Waals surface area contributed by atoms with Gasteiger partial charge in [-0.25, -0.2) is 0 Å². The van der Waals surface area contributed by atoms with Gasteiger partial charge < -0.3 is 4.74 Å². The van der Waals surface area contributed by atoms with Gasteiger partial charge in [-0.2, -0.15) is 0 Å². The summed E-state index contributed by atoms with van der Waals surface area (Å²) in [5.41, 5.74) is 1.30. The summed E-state index contributed by atoms with van der Waals surface area (Å²) >= 11 is 3.37. The van der Waals surface area contributed by atoms with Gasteiger partial charge in [-0.05, 0) is 18.2 Å². The number of rotatable bonds is 0. The number of ether oxygens (including phenoxy) is 1. The van der Waals surface area contributed by atoms with E-state index in [-0.39, 0.29) is 0 Å². The van der Waals surface area contributed by atoms with Crippen LogP contribution in [0.2, 0.25) is 0 Å². The Morgan fingerprint density at radius 2 is 2.33 bits per heavy atom. The Hall–Kier alpha value is -0.500. The van der Waals surface area contributed by atoms with Crippen molar-refractivity contribution in [1.29, 1.82) is 0 Å². The van der Waals surface area contributed by atoms with Gasteiger partial charge in [0.05, 0.1) is 0 Å². The van der Waals surface area contributed by atoms with Crippen molar-refractivity contribution in [2.75, 3.05) is 0 Å². The fraction of sp³-hybridized carbons (Fsp3) is 0.143. The second kappa shape index (κ2) is 1.74. The third kappa shape index (κ3) is 0.741. The van der Waals surface area contributed by atoms with E-state index in [0.717, 1.165) is 16.8 Å². The van der Waals surface area contributed by atoms with Crippen molar-refractivity contribution >= 4 is 15.9 Å². The van der Waals surface area contributed by atoms with Crippen LogP contribution >= 0.6 is 15.9 Å². The Balaban J connectivity index is 2.57. The van der Waals surface area contributed by atoms with Crippen LogP contribution in [0.25, 0.3) is 0 Å². The second-order valence-electron chi connectivity index (χ2n) is 2.04. The molecule has 2 rings (SSSR count). The third-order valence-corrected chi connectivity index (χ3v) is 1.90. The molecule has 0 aromatic heterocycles. The van der Waals surface area contributed by atoms with E-state index in [1.54, 1.807) is 0 Å². The predicted molar refractivity (Wildman–Crippen MR) is 38.5 cm³/mol. The smallest absolute Gasteiger partial charge is 0.126 e. The minimum absolute atomic E-state index is 0.773. The summed E-state index contributed by atoms with van der Waals surface area (Å²) in [6, 6.07) is 6.04. The van der Waals surface area contributed by atoms with Gasteiger partial charge in [-0.1, -0.05) is 15.9 Å². The fourth-order valence-corrected chi connectivity index (χ4v) is 1.29. The van der Waals surface area contributed by atoms with E-state index in [2.05, 4.69) is 22.0 Å². The summed E-state index contributed by atoms with van der Waals surface area (Å²) in [5.74, 6) is 1.03. The molecule has 0 N–H and O–H groups in total. The lowest BCUT2D eigenvalue weighted by molar-refractivity contribution is 0.243. The van der Waals surface area contributed by atoms with Crippen LogP contribution in [-0.4, -0.2) is 0 Å². The summed E-state index contributed by atoms with van der Waals surface area (Å²) in [6.07, 6.45) is 0. The van der Waals surface area contributed by atoms with Gasteiger partial charge >= 0.3 is 0 Å². The summed E-state index contributed by atoms with van der Waals surface area (Å²) < 4.78 is 6.24. The molecule has 1 aliphatic rings. The van der Waals surface area contributed by atoms with Crippen molar-refractivity contribution in [2.24, 2.45) is 0 Å². The summed E-state index contributed by atoms with van der Waals surface area (Å²) in [4.78, 5) is 0. The van der Waals surface area contributed by atoms with Crippen LogP contribution in [0.5, 0.6) is 5.75 Å². The highest BCUT2D eigenvalue weighted by Gasteiger charge is 2.12. The van der Waals surface area contributed by atoms with E-state index < -0.39 is 0 Å². The molecular formula is C7H5BrO. The Morgan fingerprint density at radius 1 is 1.44 bits per heavy atom. The van der Waals surface area contributed by atoms with Crippen molar-refractivity contribution in [2.45, 2.75) is 6.61 Å². The van der Waals surface area contributed by atoms with Gasteiger partial charge in [0.2, 0.25) is 0 Å². The standard InChI is InChI=1S/C7H5BrO/c8-6-1-2-7-5(3-6)4-9-7/h1-3H,4H2. The Kier molecular flexibility index (Phi) is 1.02. The zero-order valence-electron chi connectivity index (χ0n) is 4.73. The molecule has 0 saturated heterocycles. The molecule has 0 atom stereocenters. The lowest BCUT2D eigenvalue weighted by Gasteiger charge is -2.19. The van der Waals surface area contributed by atoms with Crippen molar-refractivity contribution in [3.63, 3.8) is 0 Å². The second-order valence-corrected chi connectivity index (χ2v) is 2.96. The largest absolute Gasteiger partial charge is 0.488 e. The minimum Gasteiger partial charge on any atom is -0.488 e. The number of benzene rings is 1. The predicted octanol–water partition coefficient (Wildman–Crippen LogP) is 2.34. The lowest BCUT2D eigenvalue weighted by Crippen LogP contribution is -2.08. The molecule has 1 heterocycles. The van der Waals surface area contributed by atoms with Crippen LogP contribution in [0.15, 0.2) is 22.7 Å². The zero-order chi connectivity index (χ0) is 6.27. The van der Waals surface area contributed by atoms with Crippen LogP contribution in [-0.2, 0) is 6.61 Å². The topological polar surface area (TPSA) is 9.23 Å². The fourth-order valence-electron chi connectivity index (χ4n) is 0.877. The molecule has 0 radical (unpaired) electrons. The highest BCUT2D eigenvalue weighted by Crippen LogP contribution is 2.30. The van der Waals surface area contributed by atoms with Gasteiger partial charge in [0.1, 0.15) is 12.4 Å². The minimum atomic E-state index is 0.773. The maximum atomic E-state index is 5.11. The van der Waals surface area contributed by atoms with Crippen LogP contribution < -0.4 is 4.74 Å². The highest BCUT2D eigenvalue weighted by atomic mass is 79.9. The van der Waals surface area contributed by atoms with E-state index in [9.17, 15) is 0 Å². The first-order chi connectivity index (χ1) is 4.36. The van der Waals surface area contributed by atoms with Crippen LogP contribution in [0.4, 0.5) is 0 Å². The number of halogens is 1. The molecule has 0 bridgehead atoms. The molecule has 1 nitrogen and oxygen atoms in total. The van der Waals surface area contributed by atoms with E-state index in [0.29, 0.717) is 0 Å². The molecule has 0 spiro atoms. The van der Waals surface area contributed by atoms with Crippen LogP contribution in [0.3, 0.4) is 0 Å². The molecule has 1 aromatic carbocycles. The third-order valence-electron chi connectivity index (χ3n) is 1.41. The van der Waals surface area contributed by atoms with Crippen LogP contribution in [0.1, 0.15) is 5.56 Å². The highest BCUT2D eigenvalue weighted by molar-refractivity contribution is 9.10. The molecule has 0 saturated carbocycles. The summed E-state index contributed by atoms with van der Waals surface area (Å²) in [7, 11) is 0. The van der Waals surface area contributed by atoms with E-state index in [4.69, 9.17) is 4.74 Å². The molecule has 0 fully saturated rings. The monoisotopic (exact) mass is 184 g/mol. The molecule has 1 aromatic rings. The molecule has 2 heteroatoms. The van der Waals surface area contributed by atoms with Crippen molar-refractivity contribution in [1.82, 2.24) is 0 Å². The molecular weight excluding hydrogens is 180 g/mol. The van der Waals surface area contributed by atoms with Crippen LogP contribution in [0, 0.1) is 0 Å². The first kappa shape index (κ1) is 5.30. The van der Waals surface area contributed by atoms with Crippen molar-refractivity contribution < 1.29 is 4.74 Å². The van der Waals surface area contributed by atoms with E-state index in [1.165, 1.54) is 5.56 Å². The van der Waals surface area contributed by atoms with Crippen molar-refractivity contribution in [3.05, 3.63) is 28.2 Å². The summed E-state index contributed by atoms with van der Waals surface area (Å²) in [6.45, 7) is 0.773. The van der Waals surface area contributed by atoms with Crippen molar-refractivity contribution in [3.8, 4) is 5.75 Å². The van der Waals surface area contributed by atoms with Gasteiger partial charge in [0, 0.05) is 10.0 Å².